The smallest absolute Gasteiger partial charge is 0.303 e. The molecule has 0 spiro atoms. The molecule has 2 N–H and O–H groups in total. The van der Waals surface area contributed by atoms with Crippen LogP contribution < -0.4 is 5.73 Å². The lowest BCUT2D eigenvalue weighted by molar-refractivity contribution is -0.208. The fourth-order valence-corrected chi connectivity index (χ4v) is 7.90. The number of aromatic nitrogens is 6. The Morgan fingerprint density at radius 3 is 2.17 bits per heavy atom. The molecular weight excluding hydrogens is 739 g/mol. The third kappa shape index (κ3) is 8.51. The molecule has 0 amide bonds. The van der Waals surface area contributed by atoms with Gasteiger partial charge in [0, 0.05) is 44.7 Å². The number of hydrogen-bond donors (Lipinski definition) is 1. The van der Waals surface area contributed by atoms with Gasteiger partial charge in [0.25, 0.3) is 0 Å². The highest BCUT2D eigenvalue weighted by Crippen LogP contribution is 2.43. The number of thioether (sulfide) groups is 1. The zero-order valence-corrected chi connectivity index (χ0v) is 30.2. The van der Waals surface area contributed by atoms with Crippen molar-refractivity contribution in [3.8, 4) is 22.5 Å². The van der Waals surface area contributed by atoms with Crippen molar-refractivity contribution in [1.29, 1.82) is 0 Å². The first-order valence-electron chi connectivity index (χ1n) is 16.6. The summed E-state index contributed by atoms with van der Waals surface area (Å²) in [6, 6.07) is 6.95. The minimum absolute atomic E-state index is 0.0414. The average Bonchev–Trinajstić information content (AvgIpc) is 3.81. The van der Waals surface area contributed by atoms with E-state index in [4.69, 9.17) is 34.2 Å². The lowest BCUT2D eigenvalue weighted by Crippen LogP contribution is -2.58. The van der Waals surface area contributed by atoms with Crippen LogP contribution in [0.2, 0.25) is 0 Å². The predicted molar refractivity (Wildman–Crippen MR) is 183 cm³/mol. The second kappa shape index (κ2) is 16.5. The Hall–Kier alpha value is -5.05. The van der Waals surface area contributed by atoms with Gasteiger partial charge in [0.15, 0.2) is 23.6 Å². The second-order valence-electron chi connectivity index (χ2n) is 12.5. The zero-order valence-electron chi connectivity index (χ0n) is 29.3. The summed E-state index contributed by atoms with van der Waals surface area (Å²) in [4.78, 5) is 36.9. The van der Waals surface area contributed by atoms with E-state index in [1.165, 1.54) is 50.5 Å². The molecular formula is C34H36F3N7O9S. The predicted octanol–water partition coefficient (Wildman–Crippen LogP) is 3.28. The molecule has 2 fully saturated rings. The number of esters is 3. The summed E-state index contributed by atoms with van der Waals surface area (Å²) < 4.78 is 80.2. The van der Waals surface area contributed by atoms with E-state index >= 15 is 0 Å². The topological polar surface area (TPSA) is 194 Å². The van der Waals surface area contributed by atoms with E-state index in [9.17, 15) is 27.6 Å². The number of carbonyl (C=O) groups is 3. The molecule has 16 nitrogen and oxygen atoms in total. The normalized spacial score (nSPS) is 25.5. The Morgan fingerprint density at radius 1 is 0.870 bits per heavy atom. The van der Waals surface area contributed by atoms with Gasteiger partial charge in [0.2, 0.25) is 0 Å². The molecule has 54 heavy (non-hydrogen) atoms. The third-order valence-corrected chi connectivity index (χ3v) is 10.1. The summed E-state index contributed by atoms with van der Waals surface area (Å²) in [5, 5.41) is 16.2. The Morgan fingerprint density at radius 2 is 1.52 bits per heavy atom. The molecule has 2 aliphatic heterocycles. The van der Waals surface area contributed by atoms with Crippen molar-refractivity contribution in [2.75, 3.05) is 32.7 Å². The van der Waals surface area contributed by atoms with Crippen LogP contribution >= 0.6 is 11.8 Å². The number of halogens is 3. The van der Waals surface area contributed by atoms with E-state index in [0.717, 1.165) is 17.7 Å². The number of hydrogen-bond acceptors (Lipinski definition) is 15. The summed E-state index contributed by atoms with van der Waals surface area (Å²) in [6.07, 6.45) is -1.15. The van der Waals surface area contributed by atoms with Crippen LogP contribution in [0.3, 0.4) is 0 Å². The van der Waals surface area contributed by atoms with Gasteiger partial charge in [-0.1, -0.05) is 22.6 Å². The molecule has 4 heterocycles. The fourth-order valence-electron chi connectivity index (χ4n) is 6.36. The van der Waals surface area contributed by atoms with Crippen LogP contribution in [0.15, 0.2) is 48.8 Å². The highest BCUT2D eigenvalue weighted by molar-refractivity contribution is 8.00. The lowest BCUT2D eigenvalue weighted by atomic mass is 9.96. The summed E-state index contributed by atoms with van der Waals surface area (Å²) in [5.74, 6) is -6.43. The molecule has 0 aliphatic carbocycles. The first-order valence-corrected chi connectivity index (χ1v) is 17.5. The van der Waals surface area contributed by atoms with Crippen LogP contribution in [0.1, 0.15) is 32.9 Å². The van der Waals surface area contributed by atoms with E-state index in [-0.39, 0.29) is 31.1 Å². The Balaban J connectivity index is 1.35. The molecule has 8 atom stereocenters. The largest absolute Gasteiger partial charge is 0.463 e. The van der Waals surface area contributed by atoms with Crippen LogP contribution in [0.25, 0.3) is 22.5 Å². The van der Waals surface area contributed by atoms with Crippen LogP contribution in [0.5, 0.6) is 0 Å². The number of carbonyl (C=O) groups excluding carboxylic acids is 3. The highest BCUT2D eigenvalue weighted by atomic mass is 32.2. The SMILES string of the molecule is COC1C(S[C@@H]2COC[C@H](n3cc(-c4cccc(N)c4)nn3)[C@H]2OC(C)=O)OC(COC(C)=O)C(OC(C)=O)C1n1cc(-c2cc(F)c(F)c(F)c2)nn1. The number of nitrogens with two attached hydrogens (primary N) is 1. The van der Waals surface area contributed by atoms with Crippen LogP contribution in [-0.4, -0.2) is 110 Å². The maximum Gasteiger partial charge on any atom is 0.303 e. The van der Waals surface area contributed by atoms with Crippen molar-refractivity contribution in [3.63, 3.8) is 0 Å². The molecule has 0 bridgehead atoms. The van der Waals surface area contributed by atoms with Gasteiger partial charge >= 0.3 is 17.9 Å². The number of ether oxygens (including phenoxy) is 6. The number of benzene rings is 2. The number of rotatable bonds is 11. The fraction of sp³-hybridized carbons (Fsp3) is 0.441. The highest BCUT2D eigenvalue weighted by Gasteiger charge is 2.52. The maximum absolute atomic E-state index is 14.2. The van der Waals surface area contributed by atoms with E-state index < -0.39 is 82.5 Å². The van der Waals surface area contributed by atoms with Gasteiger partial charge in [-0.05, 0) is 24.3 Å². The van der Waals surface area contributed by atoms with Crippen molar-refractivity contribution in [1.82, 2.24) is 30.0 Å². The van der Waals surface area contributed by atoms with Crippen molar-refractivity contribution < 1.29 is 56.0 Å². The van der Waals surface area contributed by atoms with Gasteiger partial charge in [0.05, 0.1) is 30.9 Å². The number of methoxy groups -OCH3 is 1. The van der Waals surface area contributed by atoms with E-state index in [0.29, 0.717) is 11.4 Å². The summed E-state index contributed by atoms with van der Waals surface area (Å²) >= 11 is 1.18. The van der Waals surface area contributed by atoms with Crippen LogP contribution in [0, 0.1) is 17.5 Å². The van der Waals surface area contributed by atoms with Crippen LogP contribution in [-0.2, 0) is 42.8 Å². The van der Waals surface area contributed by atoms with Gasteiger partial charge in [-0.25, -0.2) is 22.5 Å². The molecule has 2 aromatic heterocycles. The first kappa shape index (κ1) is 38.7. The molecule has 0 radical (unpaired) electrons. The summed E-state index contributed by atoms with van der Waals surface area (Å²) in [6.45, 7) is 3.49. The average molecular weight is 776 g/mol. The zero-order chi connectivity index (χ0) is 38.7. The van der Waals surface area contributed by atoms with Crippen molar-refractivity contribution in [3.05, 3.63) is 66.2 Å². The second-order valence-corrected chi connectivity index (χ2v) is 13.9. The third-order valence-electron chi connectivity index (χ3n) is 8.70. The van der Waals surface area contributed by atoms with Crippen LogP contribution in [0.4, 0.5) is 18.9 Å². The van der Waals surface area contributed by atoms with Gasteiger partial charge in [-0.15, -0.1) is 22.0 Å². The summed E-state index contributed by atoms with van der Waals surface area (Å²) in [5.41, 5.74) is 6.63. The van der Waals surface area contributed by atoms with Gasteiger partial charge in [-0.2, -0.15) is 0 Å². The monoisotopic (exact) mass is 775 g/mol. The minimum atomic E-state index is -1.65. The molecule has 2 aliphatic rings. The maximum atomic E-state index is 14.2. The standard InChI is InChI=1S/C34H36F3N7O9S/c1-16(45)50-14-27-32(52-18(3)47)30(44-12-25(40-42-44)20-9-22(35)29(37)23(36)10-20)33(48-4)34(53-27)54-28-15-49-13-26(31(28)51-17(2)46)43-11-24(39-41-43)19-6-5-7-21(38)8-19/h5-12,26-28,30-34H,13-15,38H2,1-4H3/t26-,27?,28+,30?,31+,32?,33?,34?/m0/s1. The number of nitrogen functional groups attached to an aromatic ring is 1. The Bertz CT molecular complexity index is 1980. The number of anilines is 1. The van der Waals surface area contributed by atoms with E-state index in [1.807, 2.05) is 6.07 Å². The molecule has 5 unspecified atom stereocenters. The Kier molecular flexibility index (Phi) is 11.8. The number of nitrogens with zero attached hydrogens (tertiary/aromatic N) is 6. The van der Waals surface area contributed by atoms with Crippen molar-refractivity contribution in [2.24, 2.45) is 0 Å². The van der Waals surface area contributed by atoms with E-state index in [2.05, 4.69) is 20.6 Å². The first-order chi connectivity index (χ1) is 25.8. The molecule has 0 saturated carbocycles. The molecule has 4 aromatic rings. The lowest BCUT2D eigenvalue weighted by Gasteiger charge is -2.46. The van der Waals surface area contributed by atoms with Gasteiger partial charge in [0.1, 0.15) is 53.8 Å². The summed E-state index contributed by atoms with van der Waals surface area (Å²) in [7, 11) is 1.38. The quantitative estimate of drug-likeness (QED) is 0.101. The molecule has 2 saturated heterocycles. The van der Waals surface area contributed by atoms with Gasteiger partial charge in [-0.3, -0.25) is 14.4 Å². The molecule has 6 rings (SSSR count). The van der Waals surface area contributed by atoms with Gasteiger partial charge < -0.3 is 34.2 Å². The van der Waals surface area contributed by atoms with Crippen molar-refractivity contribution >= 4 is 35.4 Å². The van der Waals surface area contributed by atoms with Crippen molar-refractivity contribution in [2.45, 2.75) is 68.0 Å². The molecule has 20 heteroatoms. The Labute approximate surface area is 310 Å². The molecule has 2 aromatic carbocycles. The van der Waals surface area contributed by atoms with E-state index in [1.54, 1.807) is 29.1 Å². The molecule has 288 valence electrons. The minimum Gasteiger partial charge on any atom is -0.463 e.